The Morgan fingerprint density at radius 3 is 2.44 bits per heavy atom. The predicted octanol–water partition coefficient (Wildman–Crippen LogP) is 7.47. The Kier molecular flexibility index (Phi) is 10.5. The molecule has 4 rings (SSSR count). The molecular weight excluding hydrogens is 508 g/mol. The van der Waals surface area contributed by atoms with Gasteiger partial charge >= 0.3 is 0 Å². The molecule has 0 aliphatic heterocycles. The number of rotatable bonds is 15. The van der Waals surface area contributed by atoms with Crippen molar-refractivity contribution in [3.05, 3.63) is 71.2 Å². The highest BCUT2D eigenvalue weighted by Crippen LogP contribution is 2.32. The summed E-state index contributed by atoms with van der Waals surface area (Å²) in [5.41, 5.74) is 11.1. The summed E-state index contributed by atoms with van der Waals surface area (Å²) in [5, 5.41) is 0.733. The van der Waals surface area contributed by atoms with Gasteiger partial charge in [-0.1, -0.05) is 50.9 Å². The molecule has 0 unspecified atom stereocenters. The van der Waals surface area contributed by atoms with Crippen LogP contribution in [0, 0.1) is 0 Å². The van der Waals surface area contributed by atoms with E-state index in [1.165, 1.54) is 5.56 Å². The van der Waals surface area contributed by atoms with Crippen molar-refractivity contribution in [2.24, 2.45) is 0 Å². The minimum absolute atomic E-state index is 0.524. The highest BCUT2D eigenvalue weighted by atomic mass is 35.5. The molecule has 3 aromatic carbocycles. The van der Waals surface area contributed by atoms with Crippen molar-refractivity contribution in [3.63, 3.8) is 0 Å². The van der Waals surface area contributed by atoms with E-state index in [2.05, 4.69) is 42.4 Å². The lowest BCUT2D eigenvalue weighted by molar-refractivity contribution is 0.249. The summed E-state index contributed by atoms with van der Waals surface area (Å²) in [6, 6.07) is 20.0. The lowest BCUT2D eigenvalue weighted by Gasteiger charge is -2.17. The van der Waals surface area contributed by atoms with Gasteiger partial charge in [-0.3, -0.25) is 0 Å². The fraction of sp³-hybridized carbons (Fsp3) is 0.406. The van der Waals surface area contributed by atoms with Crippen LogP contribution in [0.4, 0.5) is 5.69 Å². The van der Waals surface area contributed by atoms with Crippen LogP contribution in [0.2, 0.25) is 5.02 Å². The van der Waals surface area contributed by atoms with Gasteiger partial charge in [-0.05, 0) is 74.0 Å². The van der Waals surface area contributed by atoms with Crippen molar-refractivity contribution in [1.82, 2.24) is 14.5 Å². The molecule has 39 heavy (non-hydrogen) atoms. The fourth-order valence-corrected chi connectivity index (χ4v) is 4.83. The minimum atomic E-state index is 0.524. The van der Waals surface area contributed by atoms with Crippen molar-refractivity contribution in [3.8, 4) is 22.9 Å². The quantitative estimate of drug-likeness (QED) is 0.123. The van der Waals surface area contributed by atoms with E-state index in [-0.39, 0.29) is 0 Å². The first-order valence-electron chi connectivity index (χ1n) is 14.1. The number of nitrogen functional groups attached to an aromatic ring is 1. The summed E-state index contributed by atoms with van der Waals surface area (Å²) in [7, 11) is 0. The number of nitrogens with two attached hydrogens (primary N) is 1. The van der Waals surface area contributed by atoms with E-state index >= 15 is 0 Å². The molecule has 0 aliphatic rings. The van der Waals surface area contributed by atoms with Gasteiger partial charge in [0.15, 0.2) is 0 Å². The van der Waals surface area contributed by atoms with Crippen molar-refractivity contribution >= 4 is 28.3 Å². The molecule has 1 aromatic heterocycles. The lowest BCUT2D eigenvalue weighted by Crippen LogP contribution is -2.25. The summed E-state index contributed by atoms with van der Waals surface area (Å²) in [5.74, 6) is 2.47. The Balaban J connectivity index is 1.52. The average Bonchev–Trinajstić information content (AvgIpc) is 3.31. The van der Waals surface area contributed by atoms with Crippen LogP contribution < -0.4 is 15.2 Å². The van der Waals surface area contributed by atoms with E-state index in [1.54, 1.807) is 0 Å². The Morgan fingerprint density at radius 1 is 0.897 bits per heavy atom. The van der Waals surface area contributed by atoms with Gasteiger partial charge in [-0.25, -0.2) is 4.98 Å². The van der Waals surface area contributed by atoms with E-state index in [0.29, 0.717) is 24.7 Å². The molecule has 0 saturated heterocycles. The molecule has 208 valence electrons. The molecule has 6 nitrogen and oxygen atoms in total. The maximum absolute atomic E-state index is 6.29. The van der Waals surface area contributed by atoms with Crippen molar-refractivity contribution < 1.29 is 9.47 Å². The third-order valence-electron chi connectivity index (χ3n) is 7.07. The van der Waals surface area contributed by atoms with Gasteiger partial charge in [0.25, 0.3) is 0 Å². The van der Waals surface area contributed by atoms with Crippen LogP contribution >= 0.6 is 11.6 Å². The van der Waals surface area contributed by atoms with Gasteiger partial charge < -0.3 is 24.7 Å². The number of imidazole rings is 1. The second-order valence-electron chi connectivity index (χ2n) is 9.80. The number of nitrogens with zero attached hydrogens (tertiary/aromatic N) is 3. The summed E-state index contributed by atoms with van der Waals surface area (Å²) < 4.78 is 14.6. The number of halogens is 1. The van der Waals surface area contributed by atoms with E-state index in [1.807, 2.05) is 48.5 Å². The van der Waals surface area contributed by atoms with Crippen molar-refractivity contribution in [2.45, 2.75) is 53.0 Å². The molecule has 7 heteroatoms. The second-order valence-corrected chi connectivity index (χ2v) is 10.2. The van der Waals surface area contributed by atoms with Crippen LogP contribution in [0.1, 0.15) is 45.6 Å². The number of ether oxygens (including phenoxy) is 2. The highest BCUT2D eigenvalue weighted by molar-refractivity contribution is 6.30. The summed E-state index contributed by atoms with van der Waals surface area (Å²) in [4.78, 5) is 7.44. The third kappa shape index (κ3) is 7.68. The largest absolute Gasteiger partial charge is 0.493 e. The molecule has 0 fully saturated rings. The Morgan fingerprint density at radius 2 is 1.69 bits per heavy atom. The molecule has 0 bridgehead atoms. The van der Waals surface area contributed by atoms with Crippen LogP contribution in [0.3, 0.4) is 0 Å². The maximum atomic E-state index is 6.29. The summed E-state index contributed by atoms with van der Waals surface area (Å²) >= 11 is 6.00. The van der Waals surface area contributed by atoms with E-state index in [9.17, 15) is 0 Å². The number of benzene rings is 3. The number of hydrogen-bond donors (Lipinski definition) is 1. The molecule has 0 saturated carbocycles. The Hall–Kier alpha value is -3.22. The predicted molar refractivity (Wildman–Crippen MR) is 163 cm³/mol. The molecule has 4 aromatic rings. The van der Waals surface area contributed by atoms with E-state index < -0.39 is 0 Å². The highest BCUT2D eigenvalue weighted by Gasteiger charge is 2.15. The third-order valence-corrected chi connectivity index (χ3v) is 7.32. The Labute approximate surface area is 237 Å². The van der Waals surface area contributed by atoms with Gasteiger partial charge in [0.2, 0.25) is 0 Å². The molecule has 0 atom stereocenters. The zero-order chi connectivity index (χ0) is 27.6. The molecule has 0 aliphatic carbocycles. The second kappa shape index (κ2) is 14.2. The van der Waals surface area contributed by atoms with Crippen LogP contribution in [-0.4, -0.2) is 47.3 Å². The van der Waals surface area contributed by atoms with Gasteiger partial charge in [-0.2, -0.15) is 0 Å². The standard InChI is InChI=1S/C32H41ClN4O2/c1-4-7-19-37-30-23-27(38-20-8-18-36(5-2)6-3)14-16-29(30)35-32(37)25-11-15-28(34)31(22-25)39-21-17-24-9-12-26(33)13-10-24/h9-16,22-23H,4-8,17-21,34H2,1-3H3. The topological polar surface area (TPSA) is 65.5 Å². The molecule has 0 amide bonds. The van der Waals surface area contributed by atoms with E-state index in [0.717, 1.165) is 85.1 Å². The molecule has 1 heterocycles. The zero-order valence-corrected chi connectivity index (χ0v) is 24.2. The first-order chi connectivity index (χ1) is 19.0. The van der Waals surface area contributed by atoms with E-state index in [4.69, 9.17) is 31.8 Å². The van der Waals surface area contributed by atoms with Gasteiger partial charge in [0.1, 0.15) is 17.3 Å². The number of aromatic nitrogens is 2. The molecule has 0 spiro atoms. The SMILES string of the molecule is CCCCn1c(-c2ccc(N)c(OCCc3ccc(Cl)cc3)c2)nc2ccc(OCCCN(CC)CC)cc21. The van der Waals surface area contributed by atoms with Gasteiger partial charge in [0, 0.05) is 36.2 Å². The number of fused-ring (bicyclic) bond motifs is 1. The van der Waals surface area contributed by atoms with Crippen molar-refractivity contribution in [2.75, 3.05) is 38.6 Å². The number of hydrogen-bond acceptors (Lipinski definition) is 5. The smallest absolute Gasteiger partial charge is 0.142 e. The first kappa shape index (κ1) is 28.8. The monoisotopic (exact) mass is 548 g/mol. The maximum Gasteiger partial charge on any atom is 0.142 e. The fourth-order valence-electron chi connectivity index (χ4n) is 4.70. The normalized spacial score (nSPS) is 11.4. The zero-order valence-electron chi connectivity index (χ0n) is 23.5. The Bertz CT molecular complexity index is 1330. The summed E-state index contributed by atoms with van der Waals surface area (Å²) in [6.45, 7) is 11.9. The molecule has 2 N–H and O–H groups in total. The first-order valence-corrected chi connectivity index (χ1v) is 14.5. The van der Waals surface area contributed by atoms with Crippen LogP contribution in [-0.2, 0) is 13.0 Å². The minimum Gasteiger partial charge on any atom is -0.493 e. The lowest BCUT2D eigenvalue weighted by atomic mass is 10.1. The number of unbranched alkanes of at least 4 members (excludes halogenated alkanes) is 1. The molecular formula is C32H41ClN4O2. The summed E-state index contributed by atoms with van der Waals surface area (Å²) in [6.07, 6.45) is 3.94. The van der Waals surface area contributed by atoms with Crippen molar-refractivity contribution in [1.29, 1.82) is 0 Å². The van der Waals surface area contributed by atoms with Crippen LogP contribution in [0.15, 0.2) is 60.7 Å². The van der Waals surface area contributed by atoms with Crippen LogP contribution in [0.25, 0.3) is 22.4 Å². The van der Waals surface area contributed by atoms with Gasteiger partial charge in [-0.15, -0.1) is 0 Å². The van der Waals surface area contributed by atoms with Crippen LogP contribution in [0.5, 0.6) is 11.5 Å². The average molecular weight is 549 g/mol. The number of anilines is 1. The molecule has 0 radical (unpaired) electrons. The number of aryl methyl sites for hydroxylation is 1. The van der Waals surface area contributed by atoms with Gasteiger partial charge in [0.05, 0.1) is 29.9 Å².